The molecule has 0 radical (unpaired) electrons. The first-order chi connectivity index (χ1) is 25.4. The van der Waals surface area contributed by atoms with E-state index in [9.17, 15) is 15.0 Å². The van der Waals surface area contributed by atoms with Crippen molar-refractivity contribution in [2.75, 3.05) is 19.6 Å². The van der Waals surface area contributed by atoms with Gasteiger partial charge < -0.3 is 20.8 Å². The van der Waals surface area contributed by atoms with Crippen LogP contribution in [-0.2, 0) is 31.0 Å². The third-order valence-electron chi connectivity index (χ3n) is 10.6. The molecule has 2 saturated heterocycles. The van der Waals surface area contributed by atoms with Gasteiger partial charge in [0.05, 0.1) is 18.1 Å². The summed E-state index contributed by atoms with van der Waals surface area (Å²) in [5.74, 6) is 0.0285. The number of aliphatic hydroxyl groups is 2. The lowest BCUT2D eigenvalue weighted by Gasteiger charge is -2.26. The number of rotatable bonds is 16. The summed E-state index contributed by atoms with van der Waals surface area (Å²) in [7, 11) is 0. The molecule has 6 rings (SSSR count). The van der Waals surface area contributed by atoms with Gasteiger partial charge in [-0.05, 0) is 81.5 Å². The van der Waals surface area contributed by atoms with E-state index in [-0.39, 0.29) is 29.0 Å². The van der Waals surface area contributed by atoms with Crippen LogP contribution in [-0.4, -0.2) is 68.8 Å². The number of nitrogens with one attached hydrogen (secondary N) is 2. The molecule has 4 aromatic rings. The minimum atomic E-state index is -0.610. The summed E-state index contributed by atoms with van der Waals surface area (Å²) in [4.78, 5) is 17.0. The minimum absolute atomic E-state index is 0.0230. The Hall–Kier alpha value is -3.85. The van der Waals surface area contributed by atoms with Gasteiger partial charge in [-0.15, -0.1) is 0 Å². The molecule has 2 aliphatic rings. The second-order valence-corrected chi connectivity index (χ2v) is 16.5. The quantitative estimate of drug-likeness (QED) is 0.0983. The second kappa shape index (κ2) is 19.5. The van der Waals surface area contributed by atoms with Gasteiger partial charge in [-0.3, -0.25) is 14.6 Å². The van der Waals surface area contributed by atoms with Crippen LogP contribution in [0.2, 0.25) is 0 Å². The van der Waals surface area contributed by atoms with Crippen LogP contribution in [0.4, 0.5) is 0 Å². The van der Waals surface area contributed by atoms with E-state index in [1.54, 1.807) is 0 Å². The van der Waals surface area contributed by atoms with Crippen molar-refractivity contribution in [3.05, 3.63) is 144 Å². The number of aliphatic hydroxyl groups excluding tert-OH is 2. The number of hydrogen-bond acceptors (Lipinski definition) is 6. The number of hydrogen-bond donors (Lipinski definition) is 4. The van der Waals surface area contributed by atoms with E-state index in [1.165, 1.54) is 22.3 Å². The lowest BCUT2D eigenvalue weighted by molar-refractivity contribution is -0.125. The van der Waals surface area contributed by atoms with Crippen molar-refractivity contribution in [3.8, 4) is 0 Å². The van der Waals surface area contributed by atoms with Gasteiger partial charge in [-0.1, -0.05) is 121 Å². The van der Waals surface area contributed by atoms with Gasteiger partial charge in [0.2, 0.25) is 5.91 Å². The van der Waals surface area contributed by atoms with Crippen LogP contribution < -0.4 is 10.6 Å². The molecule has 0 spiro atoms. The highest BCUT2D eigenvalue weighted by molar-refractivity contribution is 5.82. The molecule has 4 atom stereocenters. The SMILES string of the molecule is CC1(C)CC(C(O)CCN(Cc2ccccc2)Cc2ccccc2)C(=O)N1.CC1(C)CC(C(O)CCN(Cc2ccccc2)Cc2ccccc2)CN1. The summed E-state index contributed by atoms with van der Waals surface area (Å²) in [5.41, 5.74) is 5.07. The van der Waals surface area contributed by atoms with Crippen molar-refractivity contribution in [2.45, 2.75) is 103 Å². The monoisotopic (exact) mass is 718 g/mol. The van der Waals surface area contributed by atoms with E-state index >= 15 is 0 Å². The first-order valence-electron chi connectivity index (χ1n) is 19.5. The van der Waals surface area contributed by atoms with Gasteiger partial charge in [-0.25, -0.2) is 0 Å². The Bertz CT molecular complexity index is 1550. The molecule has 4 N–H and O–H groups in total. The standard InChI is InChI=1S/C23H30N2O2.C23H32N2O/c1-23(2)15-20(22(27)24-23)21(26)13-14-25(16-18-9-5-3-6-10-18)17-19-11-7-4-8-12-19;1-23(2)15-21(16-24-23)22(26)13-14-25(17-19-9-5-3-6-10-19)18-20-11-7-4-8-12-20/h3-12,20-21,26H,13-17H2,1-2H3,(H,24,27);3-12,21-22,24,26H,13-18H2,1-2H3. The zero-order valence-electron chi connectivity index (χ0n) is 32.3. The van der Waals surface area contributed by atoms with E-state index < -0.39 is 6.10 Å². The molecule has 7 nitrogen and oxygen atoms in total. The Morgan fingerprint density at radius 3 is 1.28 bits per heavy atom. The number of carbonyl (C=O) groups is 1. The topological polar surface area (TPSA) is 88.1 Å². The summed E-state index contributed by atoms with van der Waals surface area (Å²) in [5, 5.41) is 27.8. The second-order valence-electron chi connectivity index (χ2n) is 16.5. The van der Waals surface area contributed by atoms with Crippen LogP contribution in [0.5, 0.6) is 0 Å². The normalized spacial score (nSPS) is 20.1. The Labute approximate surface area is 318 Å². The lowest BCUT2D eigenvalue weighted by atomic mass is 9.91. The predicted molar refractivity (Wildman–Crippen MR) is 216 cm³/mol. The van der Waals surface area contributed by atoms with E-state index in [4.69, 9.17) is 0 Å². The van der Waals surface area contributed by atoms with Crippen LogP contribution in [0.15, 0.2) is 121 Å². The third-order valence-corrected chi connectivity index (χ3v) is 10.6. The molecule has 1 amide bonds. The Kier molecular flexibility index (Phi) is 14.8. The molecule has 284 valence electrons. The molecular formula is C46H62N4O3. The largest absolute Gasteiger partial charge is 0.393 e. The Morgan fingerprint density at radius 2 is 0.962 bits per heavy atom. The summed E-state index contributed by atoms with van der Waals surface area (Å²) >= 11 is 0. The summed E-state index contributed by atoms with van der Waals surface area (Å²) < 4.78 is 0. The highest BCUT2D eigenvalue weighted by atomic mass is 16.3. The fourth-order valence-electron chi connectivity index (χ4n) is 7.77. The summed E-state index contributed by atoms with van der Waals surface area (Å²) in [6.07, 6.45) is 2.30. The maximum absolute atomic E-state index is 12.2. The Morgan fingerprint density at radius 1 is 0.585 bits per heavy atom. The fourth-order valence-corrected chi connectivity index (χ4v) is 7.77. The molecule has 2 fully saturated rings. The highest BCUT2D eigenvalue weighted by Crippen LogP contribution is 2.29. The van der Waals surface area contributed by atoms with Crippen molar-refractivity contribution >= 4 is 5.91 Å². The van der Waals surface area contributed by atoms with Gasteiger partial charge in [0.25, 0.3) is 0 Å². The lowest BCUT2D eigenvalue weighted by Crippen LogP contribution is -2.35. The van der Waals surface area contributed by atoms with Crippen LogP contribution in [0.25, 0.3) is 0 Å². The molecule has 53 heavy (non-hydrogen) atoms. The van der Waals surface area contributed by atoms with Crippen molar-refractivity contribution in [1.82, 2.24) is 20.4 Å². The number of benzene rings is 4. The van der Waals surface area contributed by atoms with Gasteiger partial charge in [-0.2, -0.15) is 0 Å². The third kappa shape index (κ3) is 13.5. The summed E-state index contributed by atoms with van der Waals surface area (Å²) in [6.45, 7) is 14.5. The minimum Gasteiger partial charge on any atom is -0.393 e. The van der Waals surface area contributed by atoms with Gasteiger partial charge in [0, 0.05) is 56.9 Å². The number of carbonyl (C=O) groups excluding carboxylic acids is 1. The van der Waals surface area contributed by atoms with Crippen LogP contribution in [0.1, 0.15) is 75.6 Å². The van der Waals surface area contributed by atoms with Gasteiger partial charge in [0.1, 0.15) is 0 Å². The number of nitrogens with zero attached hydrogens (tertiary/aromatic N) is 2. The Balaban J connectivity index is 0.000000204. The van der Waals surface area contributed by atoms with Crippen molar-refractivity contribution in [3.63, 3.8) is 0 Å². The smallest absolute Gasteiger partial charge is 0.226 e. The number of amides is 1. The molecule has 4 unspecified atom stereocenters. The van der Waals surface area contributed by atoms with Gasteiger partial charge >= 0.3 is 0 Å². The average Bonchev–Trinajstić information content (AvgIpc) is 3.67. The molecule has 0 bridgehead atoms. The fraction of sp³-hybridized carbons (Fsp3) is 0.457. The molecule has 4 aromatic carbocycles. The molecule has 0 aliphatic carbocycles. The van der Waals surface area contributed by atoms with Crippen molar-refractivity contribution in [1.29, 1.82) is 0 Å². The molecule has 0 saturated carbocycles. The van der Waals surface area contributed by atoms with Crippen molar-refractivity contribution in [2.24, 2.45) is 11.8 Å². The zero-order valence-corrected chi connectivity index (χ0v) is 32.3. The molecule has 7 heteroatoms. The predicted octanol–water partition coefficient (Wildman–Crippen LogP) is 7.18. The zero-order chi connectivity index (χ0) is 37.7. The molecular weight excluding hydrogens is 657 g/mol. The van der Waals surface area contributed by atoms with E-state index in [0.29, 0.717) is 18.8 Å². The molecule has 0 aromatic heterocycles. The van der Waals surface area contributed by atoms with Crippen LogP contribution >= 0.6 is 0 Å². The van der Waals surface area contributed by atoms with Crippen molar-refractivity contribution < 1.29 is 15.0 Å². The average molecular weight is 719 g/mol. The first kappa shape index (κ1) is 40.3. The first-order valence-corrected chi connectivity index (χ1v) is 19.5. The van der Waals surface area contributed by atoms with E-state index in [0.717, 1.165) is 58.7 Å². The van der Waals surface area contributed by atoms with Crippen LogP contribution in [0, 0.1) is 11.8 Å². The molecule has 2 heterocycles. The van der Waals surface area contributed by atoms with Gasteiger partial charge in [0.15, 0.2) is 0 Å². The maximum Gasteiger partial charge on any atom is 0.226 e. The van der Waals surface area contributed by atoms with E-state index in [1.807, 2.05) is 26.0 Å². The highest BCUT2D eigenvalue weighted by Gasteiger charge is 2.41. The molecule has 2 aliphatic heterocycles. The summed E-state index contributed by atoms with van der Waals surface area (Å²) in [6, 6.07) is 42.0. The maximum atomic E-state index is 12.2. The van der Waals surface area contributed by atoms with Crippen LogP contribution in [0.3, 0.4) is 0 Å². The van der Waals surface area contributed by atoms with E-state index in [2.05, 4.69) is 143 Å².